The molecule has 0 bridgehead atoms. The zero-order valence-electron chi connectivity index (χ0n) is 18.2. The summed E-state index contributed by atoms with van der Waals surface area (Å²) in [5.41, 5.74) is 4.43. The zero-order chi connectivity index (χ0) is 22.5. The summed E-state index contributed by atoms with van der Waals surface area (Å²) in [4.78, 5) is 43.3. The van der Waals surface area contributed by atoms with Gasteiger partial charge in [-0.3, -0.25) is 19.7 Å². The van der Waals surface area contributed by atoms with E-state index < -0.39 is 6.04 Å². The molecule has 1 unspecified atom stereocenters. The van der Waals surface area contributed by atoms with Crippen LogP contribution in [0.15, 0.2) is 54.7 Å². The van der Waals surface area contributed by atoms with E-state index in [9.17, 15) is 14.4 Å². The number of piperidine rings is 1. The van der Waals surface area contributed by atoms with Gasteiger partial charge in [-0.2, -0.15) is 0 Å². The lowest BCUT2D eigenvalue weighted by Gasteiger charge is -2.29. The van der Waals surface area contributed by atoms with Crippen LogP contribution in [0.3, 0.4) is 0 Å². The maximum absolute atomic E-state index is 13.0. The highest BCUT2D eigenvalue weighted by molar-refractivity contribution is 6.05. The van der Waals surface area contributed by atoms with Gasteiger partial charge in [0, 0.05) is 42.4 Å². The largest absolute Gasteiger partial charge is 0.322 e. The van der Waals surface area contributed by atoms with Crippen LogP contribution in [0.4, 0.5) is 0 Å². The van der Waals surface area contributed by atoms with Gasteiger partial charge >= 0.3 is 0 Å². The van der Waals surface area contributed by atoms with Crippen LogP contribution < -0.4 is 5.32 Å². The zero-order valence-corrected chi connectivity index (χ0v) is 18.2. The van der Waals surface area contributed by atoms with Crippen molar-refractivity contribution in [2.75, 3.05) is 0 Å². The van der Waals surface area contributed by atoms with Crippen molar-refractivity contribution in [2.45, 2.75) is 44.7 Å². The molecule has 3 aromatic rings. The summed E-state index contributed by atoms with van der Waals surface area (Å²) in [5, 5.41) is 2.35. The Bertz CT molecular complexity index is 1280. The molecular weight excluding hydrogens is 416 g/mol. The lowest BCUT2D eigenvalue weighted by Crippen LogP contribution is -2.52. The summed E-state index contributed by atoms with van der Waals surface area (Å²) < 4.78 is 2.17. The highest BCUT2D eigenvalue weighted by Gasteiger charge is 2.39. The third kappa shape index (κ3) is 3.63. The van der Waals surface area contributed by atoms with Crippen molar-refractivity contribution >= 4 is 17.7 Å². The van der Waals surface area contributed by atoms with E-state index in [0.717, 1.165) is 34.8 Å². The molecule has 2 fully saturated rings. The number of amides is 3. The Morgan fingerprint density at radius 2 is 1.82 bits per heavy atom. The van der Waals surface area contributed by atoms with E-state index in [-0.39, 0.29) is 24.1 Å². The molecule has 2 aromatic carbocycles. The molecule has 1 aliphatic carbocycles. The normalized spacial score (nSPS) is 20.2. The maximum atomic E-state index is 13.0. The summed E-state index contributed by atoms with van der Waals surface area (Å²) in [6.07, 6.45) is 6.17. The van der Waals surface area contributed by atoms with Gasteiger partial charge in [-0.1, -0.05) is 24.3 Å². The van der Waals surface area contributed by atoms with E-state index in [0.29, 0.717) is 24.4 Å². The first-order valence-electron chi connectivity index (χ1n) is 11.5. The number of carbonyl (C=O) groups is 3. The number of nitrogens with one attached hydrogen (secondary N) is 1. The number of para-hydroxylation sites is 1. The SMILES string of the molecule is O=C1CCC(N2Cc3cc(-c4cn(-c5ccccc5)c(CC5CC5)n4)ccc3C2=O)C(=O)N1. The number of aromatic nitrogens is 2. The second-order valence-electron chi connectivity index (χ2n) is 9.17. The standard InChI is InChI=1S/C26H24N4O3/c31-24-11-10-22(25(32)28-24)30-14-18-13-17(8-9-20(18)26(30)33)21-15-29(19-4-2-1-3-5-19)23(27-21)12-16-6-7-16/h1-5,8-9,13,15-16,22H,6-7,10-12,14H2,(H,28,31,32). The van der Waals surface area contributed by atoms with Crippen LogP contribution in [-0.2, 0) is 22.6 Å². The highest BCUT2D eigenvalue weighted by atomic mass is 16.2. The molecule has 3 aliphatic rings. The number of fused-ring (bicyclic) bond motifs is 1. The molecule has 166 valence electrons. The van der Waals surface area contributed by atoms with Crippen LogP contribution in [0.2, 0.25) is 0 Å². The van der Waals surface area contributed by atoms with Gasteiger partial charge in [0.05, 0.1) is 5.69 Å². The fraction of sp³-hybridized carbons (Fsp3) is 0.308. The van der Waals surface area contributed by atoms with Crippen LogP contribution >= 0.6 is 0 Å². The Hall–Kier alpha value is -3.74. The van der Waals surface area contributed by atoms with Gasteiger partial charge in [0.1, 0.15) is 11.9 Å². The van der Waals surface area contributed by atoms with Crippen molar-refractivity contribution in [3.8, 4) is 16.9 Å². The van der Waals surface area contributed by atoms with Crippen molar-refractivity contribution in [2.24, 2.45) is 5.92 Å². The lowest BCUT2D eigenvalue weighted by molar-refractivity contribution is -0.136. The fourth-order valence-electron chi connectivity index (χ4n) is 4.83. The molecule has 3 heterocycles. The average molecular weight is 441 g/mol. The lowest BCUT2D eigenvalue weighted by atomic mass is 10.0. The Labute approximate surface area is 191 Å². The topological polar surface area (TPSA) is 84.3 Å². The molecule has 33 heavy (non-hydrogen) atoms. The smallest absolute Gasteiger partial charge is 0.255 e. The Morgan fingerprint density at radius 3 is 2.58 bits per heavy atom. The Kier molecular flexibility index (Phi) is 4.64. The third-order valence-corrected chi connectivity index (χ3v) is 6.80. The summed E-state index contributed by atoms with van der Waals surface area (Å²) in [6.45, 7) is 0.364. The number of hydrogen-bond acceptors (Lipinski definition) is 4. The molecule has 0 spiro atoms. The summed E-state index contributed by atoms with van der Waals surface area (Å²) in [6, 6.07) is 15.4. The highest BCUT2D eigenvalue weighted by Crippen LogP contribution is 2.35. The van der Waals surface area contributed by atoms with Gasteiger partial charge in [0.2, 0.25) is 11.8 Å². The number of nitrogens with zero attached hydrogens (tertiary/aromatic N) is 3. The quantitative estimate of drug-likeness (QED) is 0.618. The van der Waals surface area contributed by atoms with E-state index in [2.05, 4.69) is 28.2 Å². The van der Waals surface area contributed by atoms with Gasteiger partial charge < -0.3 is 9.47 Å². The third-order valence-electron chi connectivity index (χ3n) is 6.80. The van der Waals surface area contributed by atoms with E-state index >= 15 is 0 Å². The van der Waals surface area contributed by atoms with Crippen LogP contribution in [0.5, 0.6) is 0 Å². The minimum atomic E-state index is -0.603. The molecule has 2 aliphatic heterocycles. The molecule has 1 saturated heterocycles. The first-order valence-corrected chi connectivity index (χ1v) is 11.5. The van der Waals surface area contributed by atoms with E-state index in [1.807, 2.05) is 36.4 Å². The fourth-order valence-corrected chi connectivity index (χ4v) is 4.83. The monoisotopic (exact) mass is 440 g/mol. The van der Waals surface area contributed by atoms with E-state index in [4.69, 9.17) is 4.98 Å². The number of rotatable bonds is 5. The molecule has 1 atom stereocenters. The molecule has 7 heteroatoms. The summed E-state index contributed by atoms with van der Waals surface area (Å²) in [7, 11) is 0. The van der Waals surface area contributed by atoms with Crippen molar-refractivity contribution < 1.29 is 14.4 Å². The van der Waals surface area contributed by atoms with Crippen LogP contribution in [-0.4, -0.2) is 38.2 Å². The molecule has 1 saturated carbocycles. The van der Waals surface area contributed by atoms with Gasteiger partial charge in [-0.15, -0.1) is 0 Å². The van der Waals surface area contributed by atoms with Gasteiger partial charge in [0.15, 0.2) is 0 Å². The van der Waals surface area contributed by atoms with Gasteiger partial charge in [-0.25, -0.2) is 4.98 Å². The van der Waals surface area contributed by atoms with Crippen molar-refractivity contribution in [1.82, 2.24) is 19.8 Å². The van der Waals surface area contributed by atoms with Crippen LogP contribution in [0, 0.1) is 5.92 Å². The van der Waals surface area contributed by atoms with Crippen LogP contribution in [0.25, 0.3) is 16.9 Å². The van der Waals surface area contributed by atoms with Gasteiger partial charge in [0.25, 0.3) is 5.91 Å². The molecule has 6 rings (SSSR count). The predicted octanol–water partition coefficient (Wildman–Crippen LogP) is 3.25. The number of imide groups is 1. The maximum Gasteiger partial charge on any atom is 0.255 e. The molecule has 0 radical (unpaired) electrons. The molecular formula is C26H24N4O3. The van der Waals surface area contributed by atoms with Gasteiger partial charge in [-0.05, 0) is 55.0 Å². The van der Waals surface area contributed by atoms with Crippen molar-refractivity contribution in [3.05, 3.63) is 71.7 Å². The van der Waals surface area contributed by atoms with Crippen LogP contribution in [0.1, 0.15) is 47.4 Å². The number of hydrogen-bond donors (Lipinski definition) is 1. The first-order chi connectivity index (χ1) is 16.1. The summed E-state index contributed by atoms with van der Waals surface area (Å²) in [5.74, 6) is 0.941. The summed E-state index contributed by atoms with van der Waals surface area (Å²) >= 11 is 0. The Balaban J connectivity index is 1.31. The minimum Gasteiger partial charge on any atom is -0.322 e. The second-order valence-corrected chi connectivity index (χ2v) is 9.17. The van der Waals surface area contributed by atoms with Crippen molar-refractivity contribution in [1.29, 1.82) is 0 Å². The molecule has 3 amide bonds. The van der Waals surface area contributed by atoms with E-state index in [1.54, 1.807) is 4.90 Å². The molecule has 1 N–H and O–H groups in total. The molecule has 7 nitrogen and oxygen atoms in total. The molecule has 1 aromatic heterocycles. The first kappa shape index (κ1) is 19.9. The predicted molar refractivity (Wildman–Crippen MR) is 121 cm³/mol. The number of benzene rings is 2. The number of imidazole rings is 1. The minimum absolute atomic E-state index is 0.157. The number of carbonyl (C=O) groups excluding carboxylic acids is 3. The van der Waals surface area contributed by atoms with E-state index in [1.165, 1.54) is 12.8 Å². The Morgan fingerprint density at radius 1 is 1.00 bits per heavy atom. The average Bonchev–Trinajstić information content (AvgIpc) is 3.44. The van der Waals surface area contributed by atoms with Crippen molar-refractivity contribution in [3.63, 3.8) is 0 Å². The second kappa shape index (κ2) is 7.69.